The number of nitrogens with two attached hydrogens (primary N) is 1. The van der Waals surface area contributed by atoms with Crippen LogP contribution in [0.25, 0.3) is 0 Å². The summed E-state index contributed by atoms with van der Waals surface area (Å²) in [5.41, 5.74) is 3.27. The van der Waals surface area contributed by atoms with Gasteiger partial charge in [0.05, 0.1) is 18.7 Å². The minimum atomic E-state index is -2.05. The number of nitrogens with one attached hydrogen (secondary N) is 1. The Hall–Kier alpha value is -0.970. The Morgan fingerprint density at radius 2 is 1.83 bits per heavy atom. The summed E-state index contributed by atoms with van der Waals surface area (Å²) in [5, 5.41) is 33.1. The van der Waals surface area contributed by atoms with Crippen LogP contribution in [0.1, 0.15) is 34.6 Å². The van der Waals surface area contributed by atoms with Crippen molar-refractivity contribution in [3.05, 3.63) is 0 Å². The fourth-order valence-corrected chi connectivity index (χ4v) is 3.15. The molecule has 6 atom stereocenters. The zero-order valence-corrected chi connectivity index (χ0v) is 14.6. The van der Waals surface area contributed by atoms with Crippen molar-refractivity contribution in [2.45, 2.75) is 82.0 Å². The first-order chi connectivity index (χ1) is 10.8. The summed E-state index contributed by atoms with van der Waals surface area (Å²) >= 11 is 0. The molecule has 0 aromatic heterocycles. The standard InChI is InChI=1S/C15H28N2O7/c1-13(2,3)24-12(20)17-7-8-9(23-14(4,5)22-8)11(19)15(21,6-18)10(7)16/h7-11,18-19,21H,6,16H2,1-5H3,(H,17,20)/t7-,8-,9-,10+,11+,15-/m1/s1. The normalized spacial score (nSPS) is 41.6. The van der Waals surface area contributed by atoms with Gasteiger partial charge in [-0.05, 0) is 34.6 Å². The minimum absolute atomic E-state index is 0.721. The lowest BCUT2D eigenvalue weighted by Gasteiger charge is -2.49. The summed E-state index contributed by atoms with van der Waals surface area (Å²) in [6.07, 6.45) is -3.98. The summed E-state index contributed by atoms with van der Waals surface area (Å²) in [7, 11) is 0. The summed E-state index contributed by atoms with van der Waals surface area (Å²) in [5.74, 6) is -1.04. The van der Waals surface area contributed by atoms with Crippen LogP contribution in [0.15, 0.2) is 0 Å². The molecule has 0 unspecified atom stereocenters. The van der Waals surface area contributed by atoms with E-state index in [1.165, 1.54) is 0 Å². The number of aliphatic hydroxyl groups excluding tert-OH is 2. The van der Waals surface area contributed by atoms with Crippen LogP contribution in [0, 0.1) is 0 Å². The van der Waals surface area contributed by atoms with Crippen molar-refractivity contribution in [3.63, 3.8) is 0 Å². The first-order valence-corrected chi connectivity index (χ1v) is 7.93. The number of rotatable bonds is 2. The van der Waals surface area contributed by atoms with Crippen LogP contribution in [-0.4, -0.2) is 75.4 Å². The molecule has 9 heteroatoms. The highest BCUT2D eigenvalue weighted by Crippen LogP contribution is 2.40. The van der Waals surface area contributed by atoms with E-state index in [0.29, 0.717) is 0 Å². The average molecular weight is 348 g/mol. The van der Waals surface area contributed by atoms with Gasteiger partial charge < -0.3 is 40.6 Å². The molecule has 1 saturated heterocycles. The largest absolute Gasteiger partial charge is 0.444 e. The maximum absolute atomic E-state index is 12.1. The molecule has 1 heterocycles. The van der Waals surface area contributed by atoms with Crippen LogP contribution in [0.2, 0.25) is 0 Å². The highest BCUT2D eigenvalue weighted by molar-refractivity contribution is 5.68. The molecule has 2 fully saturated rings. The number of ether oxygens (including phenoxy) is 3. The van der Waals surface area contributed by atoms with Crippen LogP contribution >= 0.6 is 0 Å². The van der Waals surface area contributed by atoms with E-state index in [4.69, 9.17) is 19.9 Å². The van der Waals surface area contributed by atoms with E-state index in [1.807, 2.05) is 0 Å². The maximum atomic E-state index is 12.1. The van der Waals surface area contributed by atoms with E-state index in [1.54, 1.807) is 34.6 Å². The molecule has 1 aliphatic carbocycles. The van der Waals surface area contributed by atoms with E-state index < -0.39 is 60.1 Å². The lowest BCUT2D eigenvalue weighted by Crippen LogP contribution is -2.77. The second-order valence-corrected chi connectivity index (χ2v) is 7.86. The van der Waals surface area contributed by atoms with Gasteiger partial charge in [-0.1, -0.05) is 0 Å². The zero-order chi connectivity index (χ0) is 18.5. The smallest absolute Gasteiger partial charge is 0.408 e. The van der Waals surface area contributed by atoms with Crippen LogP contribution in [0.4, 0.5) is 4.79 Å². The zero-order valence-electron chi connectivity index (χ0n) is 14.6. The molecule has 0 radical (unpaired) electrons. The van der Waals surface area contributed by atoms with Crippen molar-refractivity contribution >= 4 is 6.09 Å². The summed E-state index contributed by atoms with van der Waals surface area (Å²) in [4.78, 5) is 12.1. The summed E-state index contributed by atoms with van der Waals surface area (Å²) in [6, 6.07) is -2.11. The van der Waals surface area contributed by atoms with Gasteiger partial charge in [0, 0.05) is 0 Å². The molecule has 1 amide bonds. The molecule has 2 rings (SSSR count). The van der Waals surface area contributed by atoms with Crippen molar-refractivity contribution in [2.24, 2.45) is 5.73 Å². The molecule has 6 N–H and O–H groups in total. The van der Waals surface area contributed by atoms with Crippen LogP contribution in [-0.2, 0) is 14.2 Å². The van der Waals surface area contributed by atoms with Crippen LogP contribution in [0.3, 0.4) is 0 Å². The second kappa shape index (κ2) is 6.08. The van der Waals surface area contributed by atoms with Gasteiger partial charge in [0.2, 0.25) is 0 Å². The Kier molecular flexibility index (Phi) is 4.90. The number of hydrogen-bond acceptors (Lipinski definition) is 8. The van der Waals surface area contributed by atoms with Crippen LogP contribution < -0.4 is 11.1 Å². The highest BCUT2D eigenvalue weighted by Gasteiger charge is 2.63. The van der Waals surface area contributed by atoms with E-state index in [0.717, 1.165) is 0 Å². The third-order valence-electron chi connectivity index (χ3n) is 4.24. The van der Waals surface area contributed by atoms with E-state index in [-0.39, 0.29) is 0 Å². The number of aliphatic hydroxyl groups is 3. The van der Waals surface area contributed by atoms with Gasteiger partial charge in [-0.2, -0.15) is 0 Å². The number of carbonyl (C=O) groups excluding carboxylic acids is 1. The lowest BCUT2D eigenvalue weighted by molar-refractivity contribution is -0.197. The summed E-state index contributed by atoms with van der Waals surface area (Å²) < 4.78 is 16.6. The lowest BCUT2D eigenvalue weighted by atomic mass is 9.73. The summed E-state index contributed by atoms with van der Waals surface area (Å²) in [6.45, 7) is 7.62. The van der Waals surface area contributed by atoms with Gasteiger partial charge in [-0.25, -0.2) is 4.79 Å². The third kappa shape index (κ3) is 3.51. The number of fused-ring (bicyclic) bond motifs is 1. The fourth-order valence-electron chi connectivity index (χ4n) is 3.15. The highest BCUT2D eigenvalue weighted by atomic mass is 16.8. The predicted molar refractivity (Wildman–Crippen MR) is 83.0 cm³/mol. The molecule has 140 valence electrons. The van der Waals surface area contributed by atoms with Gasteiger partial charge in [0.1, 0.15) is 29.5 Å². The molecule has 0 spiro atoms. The van der Waals surface area contributed by atoms with Gasteiger partial charge in [0.25, 0.3) is 0 Å². The van der Waals surface area contributed by atoms with Gasteiger partial charge >= 0.3 is 6.09 Å². The monoisotopic (exact) mass is 348 g/mol. The molecule has 1 saturated carbocycles. The number of hydrogen-bond donors (Lipinski definition) is 5. The first-order valence-electron chi connectivity index (χ1n) is 7.93. The first kappa shape index (κ1) is 19.4. The van der Waals surface area contributed by atoms with E-state index >= 15 is 0 Å². The average Bonchev–Trinajstić information content (AvgIpc) is 2.75. The SMILES string of the molecule is CC(C)(C)OC(=O)N[C@@H]1[C@H]2OC(C)(C)O[C@H]2[C@H](O)[C@@](O)(CO)[C@H]1N. The van der Waals surface area contributed by atoms with Crippen molar-refractivity contribution in [1.82, 2.24) is 5.32 Å². The van der Waals surface area contributed by atoms with Gasteiger partial charge in [-0.3, -0.25) is 0 Å². The minimum Gasteiger partial charge on any atom is -0.444 e. The molecule has 24 heavy (non-hydrogen) atoms. The molecule has 2 aliphatic rings. The molecular formula is C15H28N2O7. The Bertz CT molecular complexity index is 493. The Morgan fingerprint density at radius 3 is 2.33 bits per heavy atom. The Morgan fingerprint density at radius 1 is 1.29 bits per heavy atom. The molecule has 0 aromatic carbocycles. The molecule has 0 aromatic rings. The van der Waals surface area contributed by atoms with Crippen molar-refractivity contribution in [3.8, 4) is 0 Å². The number of alkyl carbamates (subject to hydrolysis) is 1. The number of amides is 1. The van der Waals surface area contributed by atoms with Crippen molar-refractivity contribution in [1.29, 1.82) is 0 Å². The van der Waals surface area contributed by atoms with E-state index in [2.05, 4.69) is 5.32 Å². The quantitative estimate of drug-likeness (QED) is 0.420. The molecule has 0 bridgehead atoms. The molecule has 9 nitrogen and oxygen atoms in total. The van der Waals surface area contributed by atoms with Crippen molar-refractivity contribution < 1.29 is 34.3 Å². The Labute approximate surface area is 141 Å². The van der Waals surface area contributed by atoms with Crippen LogP contribution in [0.5, 0.6) is 0 Å². The van der Waals surface area contributed by atoms with Crippen molar-refractivity contribution in [2.75, 3.05) is 6.61 Å². The van der Waals surface area contributed by atoms with Gasteiger partial charge in [-0.15, -0.1) is 0 Å². The van der Waals surface area contributed by atoms with Gasteiger partial charge in [0.15, 0.2) is 5.79 Å². The maximum Gasteiger partial charge on any atom is 0.408 e. The Balaban J connectivity index is 2.28. The predicted octanol–water partition coefficient (Wildman–Crippen LogP) is -1.17. The molecular weight excluding hydrogens is 320 g/mol. The second-order valence-electron chi connectivity index (χ2n) is 7.86. The molecule has 1 aliphatic heterocycles. The topological polar surface area (TPSA) is 144 Å². The number of carbonyl (C=O) groups is 1. The fraction of sp³-hybridized carbons (Fsp3) is 0.933. The van der Waals surface area contributed by atoms with E-state index in [9.17, 15) is 20.1 Å². The third-order valence-corrected chi connectivity index (χ3v) is 4.24.